The van der Waals surface area contributed by atoms with Crippen LogP contribution in [0.1, 0.15) is 32.8 Å². The second-order valence-electron chi connectivity index (χ2n) is 6.48. The van der Waals surface area contributed by atoms with E-state index in [1.165, 1.54) is 11.8 Å². The Morgan fingerprint density at radius 2 is 1.92 bits per heavy atom. The number of carbonyl (C=O) groups is 3. The van der Waals surface area contributed by atoms with Gasteiger partial charge in [0.2, 0.25) is 11.8 Å². The van der Waals surface area contributed by atoms with Crippen molar-refractivity contribution in [1.82, 2.24) is 10.2 Å². The highest BCUT2D eigenvalue weighted by atomic mass is 16.5. The first-order valence-electron chi connectivity index (χ1n) is 8.16. The minimum absolute atomic E-state index is 0.194. The van der Waals surface area contributed by atoms with Crippen molar-refractivity contribution in [1.29, 1.82) is 0 Å². The fourth-order valence-electron chi connectivity index (χ4n) is 2.55. The van der Waals surface area contributed by atoms with Crippen LogP contribution in [0.3, 0.4) is 0 Å². The van der Waals surface area contributed by atoms with Gasteiger partial charge in [0.25, 0.3) is 0 Å². The van der Waals surface area contributed by atoms with Gasteiger partial charge in [0.15, 0.2) is 0 Å². The molecule has 0 radical (unpaired) electrons. The van der Waals surface area contributed by atoms with Crippen LogP contribution in [0, 0.1) is 5.92 Å². The van der Waals surface area contributed by atoms with E-state index < -0.39 is 18.1 Å². The van der Waals surface area contributed by atoms with E-state index in [4.69, 9.17) is 4.74 Å². The number of nitrogens with one attached hydrogen (secondary N) is 1. The van der Waals surface area contributed by atoms with Crippen molar-refractivity contribution in [3.05, 3.63) is 35.9 Å². The van der Waals surface area contributed by atoms with Crippen molar-refractivity contribution < 1.29 is 19.1 Å². The van der Waals surface area contributed by atoms with Gasteiger partial charge in [0.05, 0.1) is 6.54 Å². The van der Waals surface area contributed by atoms with Gasteiger partial charge >= 0.3 is 5.97 Å². The van der Waals surface area contributed by atoms with E-state index in [1.807, 2.05) is 44.2 Å². The molecule has 1 aromatic carbocycles. The van der Waals surface area contributed by atoms with Gasteiger partial charge < -0.3 is 15.0 Å². The van der Waals surface area contributed by atoms with Crippen molar-refractivity contribution in [3.8, 4) is 0 Å². The van der Waals surface area contributed by atoms with Crippen LogP contribution in [-0.2, 0) is 25.7 Å². The van der Waals surface area contributed by atoms with Crippen molar-refractivity contribution >= 4 is 17.8 Å². The molecule has 0 aromatic heterocycles. The number of carbonyl (C=O) groups excluding carboxylic acids is 3. The average molecular weight is 332 g/mol. The van der Waals surface area contributed by atoms with Crippen LogP contribution in [0.2, 0.25) is 0 Å². The van der Waals surface area contributed by atoms with E-state index in [9.17, 15) is 14.4 Å². The molecule has 6 nitrogen and oxygen atoms in total. The lowest BCUT2D eigenvalue weighted by molar-refractivity contribution is -0.147. The summed E-state index contributed by atoms with van der Waals surface area (Å²) in [7, 11) is 0. The molecule has 1 N–H and O–H groups in total. The minimum Gasteiger partial charge on any atom is -0.459 e. The number of benzene rings is 1. The fraction of sp³-hybridized carbons (Fsp3) is 0.500. The van der Waals surface area contributed by atoms with Crippen LogP contribution in [0.4, 0.5) is 0 Å². The SMILES string of the molecule is CC(=O)N[C@@H](CC(C)C)C(=O)N1C[C@@H]1C(=O)OCc1ccccc1. The van der Waals surface area contributed by atoms with Crippen LogP contribution < -0.4 is 5.32 Å². The van der Waals surface area contributed by atoms with Crippen LogP contribution in [-0.4, -0.2) is 41.3 Å². The quantitative estimate of drug-likeness (QED) is 0.606. The number of ether oxygens (including phenoxy) is 1. The zero-order valence-corrected chi connectivity index (χ0v) is 14.3. The Morgan fingerprint density at radius 1 is 1.25 bits per heavy atom. The summed E-state index contributed by atoms with van der Waals surface area (Å²) >= 11 is 0. The number of rotatable bonds is 7. The summed E-state index contributed by atoms with van der Waals surface area (Å²) in [5.74, 6) is -0.618. The maximum Gasteiger partial charge on any atom is 0.331 e. The van der Waals surface area contributed by atoms with Gasteiger partial charge in [-0.15, -0.1) is 0 Å². The summed E-state index contributed by atoms with van der Waals surface area (Å²) in [6, 6.07) is 8.26. The predicted molar refractivity (Wildman–Crippen MR) is 88.8 cm³/mol. The molecular weight excluding hydrogens is 308 g/mol. The molecule has 1 aliphatic rings. The molecule has 1 saturated heterocycles. The molecule has 1 heterocycles. The van der Waals surface area contributed by atoms with E-state index in [2.05, 4.69) is 5.32 Å². The first kappa shape index (κ1) is 18.0. The normalized spacial score (nSPS) is 17.3. The molecule has 130 valence electrons. The summed E-state index contributed by atoms with van der Waals surface area (Å²) in [4.78, 5) is 37.3. The minimum atomic E-state index is -0.588. The van der Waals surface area contributed by atoms with Crippen molar-refractivity contribution in [2.75, 3.05) is 6.54 Å². The Labute approximate surface area is 142 Å². The predicted octanol–water partition coefficient (Wildman–Crippen LogP) is 1.49. The van der Waals surface area contributed by atoms with E-state index >= 15 is 0 Å². The van der Waals surface area contributed by atoms with Gasteiger partial charge in [-0.25, -0.2) is 4.79 Å². The molecule has 2 rings (SSSR count). The molecule has 0 spiro atoms. The standard InChI is InChI=1S/C18H24N2O4/c1-12(2)9-15(19-13(3)21)17(22)20-10-16(20)18(23)24-11-14-7-5-4-6-8-14/h4-8,12,15-16H,9-11H2,1-3H3,(H,19,21)/t15-,16+,20?/m0/s1. The summed E-state index contributed by atoms with van der Waals surface area (Å²) in [5.41, 5.74) is 0.903. The molecule has 0 bridgehead atoms. The lowest BCUT2D eigenvalue weighted by atomic mass is 10.0. The maximum absolute atomic E-state index is 12.5. The highest BCUT2D eigenvalue weighted by Gasteiger charge is 2.47. The molecule has 6 heteroatoms. The van der Waals surface area contributed by atoms with Crippen LogP contribution in [0.5, 0.6) is 0 Å². The molecule has 1 aliphatic heterocycles. The number of hydrogen-bond acceptors (Lipinski definition) is 4. The molecule has 1 aromatic rings. The van der Waals surface area contributed by atoms with Gasteiger partial charge in [0.1, 0.15) is 18.7 Å². The van der Waals surface area contributed by atoms with E-state index in [1.54, 1.807) is 0 Å². The molecule has 2 atom stereocenters. The Hall–Kier alpha value is -2.37. The van der Waals surface area contributed by atoms with Crippen LogP contribution >= 0.6 is 0 Å². The van der Waals surface area contributed by atoms with Gasteiger partial charge in [0, 0.05) is 6.92 Å². The van der Waals surface area contributed by atoms with Crippen molar-refractivity contribution in [3.63, 3.8) is 0 Å². The Bertz CT molecular complexity index is 600. The first-order valence-corrected chi connectivity index (χ1v) is 8.16. The van der Waals surface area contributed by atoms with Crippen molar-refractivity contribution in [2.45, 2.75) is 45.9 Å². The third-order valence-corrected chi connectivity index (χ3v) is 3.77. The Balaban J connectivity index is 1.86. The molecule has 0 aliphatic carbocycles. The third-order valence-electron chi connectivity index (χ3n) is 3.77. The molecule has 24 heavy (non-hydrogen) atoms. The highest BCUT2D eigenvalue weighted by Crippen LogP contribution is 2.22. The lowest BCUT2D eigenvalue weighted by Gasteiger charge is -2.19. The number of hydrogen-bond donors (Lipinski definition) is 1. The topological polar surface area (TPSA) is 75.5 Å². The summed E-state index contributed by atoms with van der Waals surface area (Å²) < 4.78 is 5.25. The van der Waals surface area contributed by atoms with E-state index in [0.717, 1.165) is 5.56 Å². The third kappa shape index (κ3) is 5.08. The molecule has 1 fully saturated rings. The van der Waals surface area contributed by atoms with Gasteiger partial charge in [-0.3, -0.25) is 9.59 Å². The maximum atomic E-state index is 12.5. The summed E-state index contributed by atoms with van der Waals surface area (Å²) in [6.07, 6.45) is 0.542. The number of esters is 1. The monoisotopic (exact) mass is 332 g/mol. The van der Waals surface area contributed by atoms with Crippen molar-refractivity contribution in [2.24, 2.45) is 5.92 Å². The lowest BCUT2D eigenvalue weighted by Crippen LogP contribution is -2.44. The zero-order chi connectivity index (χ0) is 17.7. The van der Waals surface area contributed by atoms with E-state index in [0.29, 0.717) is 13.0 Å². The highest BCUT2D eigenvalue weighted by molar-refractivity contribution is 5.94. The van der Waals surface area contributed by atoms with Gasteiger partial charge in [-0.05, 0) is 17.9 Å². The zero-order valence-electron chi connectivity index (χ0n) is 14.3. The Kier molecular flexibility index (Phi) is 5.95. The average Bonchev–Trinajstić information content (AvgIpc) is 3.32. The smallest absolute Gasteiger partial charge is 0.331 e. The summed E-state index contributed by atoms with van der Waals surface area (Å²) in [6.45, 7) is 5.89. The molecular formula is C18H24N2O4. The molecule has 2 amide bonds. The van der Waals surface area contributed by atoms with Crippen LogP contribution in [0.25, 0.3) is 0 Å². The van der Waals surface area contributed by atoms with Crippen LogP contribution in [0.15, 0.2) is 30.3 Å². The van der Waals surface area contributed by atoms with Gasteiger partial charge in [-0.2, -0.15) is 0 Å². The number of amides is 2. The number of nitrogens with zero attached hydrogens (tertiary/aromatic N) is 1. The second kappa shape index (κ2) is 7.95. The largest absolute Gasteiger partial charge is 0.459 e. The Morgan fingerprint density at radius 3 is 2.50 bits per heavy atom. The summed E-state index contributed by atoms with van der Waals surface area (Å²) in [5, 5.41) is 2.67. The first-order chi connectivity index (χ1) is 11.4. The second-order valence-corrected chi connectivity index (χ2v) is 6.48. The van der Waals surface area contributed by atoms with Gasteiger partial charge in [-0.1, -0.05) is 44.2 Å². The fourth-order valence-corrected chi connectivity index (χ4v) is 2.55. The molecule has 0 saturated carbocycles. The molecule has 0 unspecified atom stereocenters. The van der Waals surface area contributed by atoms with E-state index in [-0.39, 0.29) is 24.3 Å².